The number of nitrogens with zero attached hydrogens (tertiary/aromatic N) is 2. The van der Waals surface area contributed by atoms with Gasteiger partial charge in [0.05, 0.1) is 12.1 Å². The van der Waals surface area contributed by atoms with Gasteiger partial charge in [-0.3, -0.25) is 14.3 Å². The van der Waals surface area contributed by atoms with Gasteiger partial charge in [0, 0.05) is 28.6 Å². The van der Waals surface area contributed by atoms with Crippen molar-refractivity contribution < 1.29 is 14.3 Å². The zero-order valence-electron chi connectivity index (χ0n) is 14.6. The van der Waals surface area contributed by atoms with Crippen molar-refractivity contribution in [1.29, 1.82) is 0 Å². The Balaban J connectivity index is 1.50. The second kappa shape index (κ2) is 8.83. The van der Waals surface area contributed by atoms with E-state index < -0.39 is 11.9 Å². The monoisotopic (exact) mass is 403 g/mol. The van der Waals surface area contributed by atoms with Crippen LogP contribution in [0.3, 0.4) is 0 Å². The molecular formula is C19H18ClN3O3S. The fourth-order valence-electron chi connectivity index (χ4n) is 2.42. The third-order valence-corrected chi connectivity index (χ3v) is 5.00. The van der Waals surface area contributed by atoms with Gasteiger partial charge in [-0.25, -0.2) is 0 Å². The second-order valence-corrected chi connectivity index (χ2v) is 7.30. The van der Waals surface area contributed by atoms with E-state index in [0.29, 0.717) is 23.0 Å². The van der Waals surface area contributed by atoms with E-state index in [-0.39, 0.29) is 13.0 Å². The molecule has 0 fully saturated rings. The van der Waals surface area contributed by atoms with Crippen molar-refractivity contribution >= 4 is 40.6 Å². The Morgan fingerprint density at radius 1 is 1.26 bits per heavy atom. The fourth-order valence-corrected chi connectivity index (χ4v) is 3.26. The maximum Gasteiger partial charge on any atom is 0.306 e. The van der Waals surface area contributed by atoms with Crippen LogP contribution in [0.2, 0.25) is 5.02 Å². The standard InChI is InChI=1S/C19H18ClN3O3S/c1-23-17(11-16(22-23)13-4-6-14(20)7-5-13)21-18(24)12-26-19(25)9-8-15-3-2-10-27-15/h2-7,10-11H,8-9,12H2,1H3,(H,21,24). The molecule has 0 atom stereocenters. The van der Waals surface area contributed by atoms with Gasteiger partial charge in [0.1, 0.15) is 5.82 Å². The number of aromatic nitrogens is 2. The first-order chi connectivity index (χ1) is 13.0. The highest BCUT2D eigenvalue weighted by Crippen LogP contribution is 2.23. The first-order valence-electron chi connectivity index (χ1n) is 8.29. The summed E-state index contributed by atoms with van der Waals surface area (Å²) in [5, 5.41) is 9.67. The quantitative estimate of drug-likeness (QED) is 0.607. The van der Waals surface area contributed by atoms with E-state index in [1.807, 2.05) is 29.6 Å². The number of hydrogen-bond donors (Lipinski definition) is 1. The summed E-state index contributed by atoms with van der Waals surface area (Å²) in [4.78, 5) is 24.9. The Hall–Kier alpha value is -2.64. The Bertz CT molecular complexity index is 920. The number of benzene rings is 1. The molecule has 1 aromatic carbocycles. The lowest BCUT2D eigenvalue weighted by molar-refractivity contribution is -0.147. The Morgan fingerprint density at radius 2 is 2.04 bits per heavy atom. The average molecular weight is 404 g/mol. The van der Waals surface area contributed by atoms with Crippen molar-refractivity contribution in [3.63, 3.8) is 0 Å². The van der Waals surface area contributed by atoms with Crippen LogP contribution in [0.15, 0.2) is 47.8 Å². The van der Waals surface area contributed by atoms with Gasteiger partial charge in [-0.1, -0.05) is 29.8 Å². The molecule has 2 heterocycles. The molecule has 0 aliphatic heterocycles. The minimum atomic E-state index is -0.412. The number of carbonyl (C=O) groups is 2. The molecule has 3 rings (SSSR count). The average Bonchev–Trinajstić information content (AvgIpc) is 3.29. The molecule has 0 bridgehead atoms. The van der Waals surface area contributed by atoms with Crippen LogP contribution in [0.25, 0.3) is 11.3 Å². The van der Waals surface area contributed by atoms with Gasteiger partial charge >= 0.3 is 5.97 Å². The Kier molecular flexibility index (Phi) is 6.26. The van der Waals surface area contributed by atoms with Crippen LogP contribution < -0.4 is 5.32 Å². The summed E-state index contributed by atoms with van der Waals surface area (Å²) < 4.78 is 6.58. The highest BCUT2D eigenvalue weighted by atomic mass is 35.5. The normalized spacial score (nSPS) is 10.6. The zero-order chi connectivity index (χ0) is 19.2. The second-order valence-electron chi connectivity index (χ2n) is 5.83. The third-order valence-electron chi connectivity index (χ3n) is 3.81. The van der Waals surface area contributed by atoms with Crippen LogP contribution in [0.5, 0.6) is 0 Å². The van der Waals surface area contributed by atoms with Crippen LogP contribution in [-0.4, -0.2) is 28.3 Å². The van der Waals surface area contributed by atoms with Crippen LogP contribution in [0.1, 0.15) is 11.3 Å². The molecule has 0 aliphatic carbocycles. The molecule has 140 valence electrons. The number of nitrogens with one attached hydrogen (secondary N) is 1. The smallest absolute Gasteiger partial charge is 0.306 e. The molecule has 1 N–H and O–H groups in total. The van der Waals surface area contributed by atoms with Gasteiger partial charge < -0.3 is 10.1 Å². The van der Waals surface area contributed by atoms with Crippen molar-refractivity contribution in [3.05, 3.63) is 57.7 Å². The number of halogens is 1. The number of amides is 1. The Morgan fingerprint density at radius 3 is 2.74 bits per heavy atom. The molecule has 8 heteroatoms. The van der Waals surface area contributed by atoms with Crippen LogP contribution in [-0.2, 0) is 27.8 Å². The van der Waals surface area contributed by atoms with Gasteiger partial charge in [-0.15, -0.1) is 11.3 Å². The molecule has 27 heavy (non-hydrogen) atoms. The van der Waals surface area contributed by atoms with Gasteiger partial charge in [-0.2, -0.15) is 5.10 Å². The summed E-state index contributed by atoms with van der Waals surface area (Å²) in [6.07, 6.45) is 0.866. The van der Waals surface area contributed by atoms with E-state index in [1.165, 1.54) is 0 Å². The molecule has 0 unspecified atom stereocenters. The van der Waals surface area contributed by atoms with E-state index in [1.54, 1.807) is 41.3 Å². The summed E-state index contributed by atoms with van der Waals surface area (Å²) in [6, 6.07) is 12.9. The SMILES string of the molecule is Cn1nc(-c2ccc(Cl)cc2)cc1NC(=O)COC(=O)CCc1cccs1. The van der Waals surface area contributed by atoms with E-state index in [4.69, 9.17) is 16.3 Å². The summed E-state index contributed by atoms with van der Waals surface area (Å²) in [5.74, 6) is -0.296. The number of rotatable bonds is 7. The molecule has 6 nitrogen and oxygen atoms in total. The van der Waals surface area contributed by atoms with Gasteiger partial charge in [0.15, 0.2) is 6.61 Å². The number of hydrogen-bond acceptors (Lipinski definition) is 5. The predicted molar refractivity (Wildman–Crippen MR) is 106 cm³/mol. The van der Waals surface area contributed by atoms with E-state index >= 15 is 0 Å². The number of esters is 1. The first-order valence-corrected chi connectivity index (χ1v) is 9.55. The molecule has 0 saturated heterocycles. The van der Waals surface area contributed by atoms with Crippen molar-refractivity contribution in [2.45, 2.75) is 12.8 Å². The predicted octanol–water partition coefficient (Wildman–Crippen LogP) is 3.92. The van der Waals surface area contributed by atoms with Crippen molar-refractivity contribution in [3.8, 4) is 11.3 Å². The highest BCUT2D eigenvalue weighted by Gasteiger charge is 2.12. The molecule has 0 saturated carbocycles. The number of thiophene rings is 1. The van der Waals surface area contributed by atoms with Crippen molar-refractivity contribution in [2.75, 3.05) is 11.9 Å². The topological polar surface area (TPSA) is 73.2 Å². The maximum atomic E-state index is 12.0. The van der Waals surface area contributed by atoms with E-state index in [2.05, 4.69) is 10.4 Å². The summed E-state index contributed by atoms with van der Waals surface area (Å²) in [6.45, 7) is -0.329. The summed E-state index contributed by atoms with van der Waals surface area (Å²) in [7, 11) is 1.72. The van der Waals surface area contributed by atoms with Crippen molar-refractivity contribution in [2.24, 2.45) is 7.05 Å². The molecule has 3 aromatic rings. The van der Waals surface area contributed by atoms with E-state index in [9.17, 15) is 9.59 Å². The van der Waals surface area contributed by atoms with Crippen LogP contribution in [0.4, 0.5) is 5.82 Å². The molecule has 0 radical (unpaired) electrons. The largest absolute Gasteiger partial charge is 0.456 e. The molecular weight excluding hydrogens is 386 g/mol. The van der Waals surface area contributed by atoms with E-state index in [0.717, 1.165) is 10.4 Å². The summed E-state index contributed by atoms with van der Waals surface area (Å²) in [5.41, 5.74) is 1.59. The van der Waals surface area contributed by atoms with Crippen LogP contribution >= 0.6 is 22.9 Å². The van der Waals surface area contributed by atoms with Gasteiger partial charge in [-0.05, 0) is 30.0 Å². The van der Waals surface area contributed by atoms with Gasteiger partial charge in [0.2, 0.25) is 0 Å². The number of aryl methyl sites for hydroxylation is 2. The van der Waals surface area contributed by atoms with Crippen LogP contribution in [0, 0.1) is 0 Å². The molecule has 2 aromatic heterocycles. The zero-order valence-corrected chi connectivity index (χ0v) is 16.2. The van der Waals surface area contributed by atoms with Crippen molar-refractivity contribution in [1.82, 2.24) is 9.78 Å². The lowest BCUT2D eigenvalue weighted by atomic mass is 10.1. The lowest BCUT2D eigenvalue weighted by Gasteiger charge is -2.06. The van der Waals surface area contributed by atoms with Gasteiger partial charge in [0.25, 0.3) is 5.91 Å². The number of carbonyl (C=O) groups excluding carboxylic acids is 2. The lowest BCUT2D eigenvalue weighted by Crippen LogP contribution is -2.22. The molecule has 1 amide bonds. The first kappa shape index (κ1) is 19.1. The maximum absolute atomic E-state index is 12.0. The molecule has 0 aliphatic rings. The summed E-state index contributed by atoms with van der Waals surface area (Å²) >= 11 is 7.48. The third kappa shape index (κ3) is 5.42. The molecule has 0 spiro atoms. The fraction of sp³-hybridized carbons (Fsp3) is 0.211. The minimum Gasteiger partial charge on any atom is -0.456 e. The highest BCUT2D eigenvalue weighted by molar-refractivity contribution is 7.09. The number of anilines is 1. The minimum absolute atomic E-state index is 0.250. The Labute approximate surface area is 165 Å². The number of ether oxygens (including phenoxy) is 1.